The predicted molar refractivity (Wildman–Crippen MR) is 153 cm³/mol. The molecule has 1 aromatic heterocycles. The minimum atomic E-state index is -4.61. The number of hydrogen-bond donors (Lipinski definition) is 2. The molecule has 0 fully saturated rings. The van der Waals surface area contributed by atoms with E-state index in [4.69, 9.17) is 5.11 Å². The van der Waals surface area contributed by atoms with Gasteiger partial charge in [-0.3, -0.25) is 14.2 Å². The molecule has 1 unspecified atom stereocenters. The maximum Gasteiger partial charge on any atom is 0.416 e. The Hall–Kier alpha value is -4.09. The Bertz CT molecular complexity index is 1710. The normalized spacial score (nSPS) is 15.5. The van der Waals surface area contributed by atoms with Crippen LogP contribution in [0.2, 0.25) is 0 Å². The largest absolute Gasteiger partial charge is 0.481 e. The lowest BCUT2D eigenvalue weighted by Gasteiger charge is -2.35. The number of aliphatic carboxylic acids is 2. The summed E-state index contributed by atoms with van der Waals surface area (Å²) in [4.78, 5) is 36.8. The Kier molecular flexibility index (Phi) is 8.42. The van der Waals surface area contributed by atoms with Crippen molar-refractivity contribution in [2.75, 3.05) is 13.1 Å². The number of unbranched alkanes of at least 4 members (excludes halogenated alkanes) is 1. The number of carboxylic acid groups (broad SMARTS) is 2. The van der Waals surface area contributed by atoms with Gasteiger partial charge in [0, 0.05) is 31.1 Å². The van der Waals surface area contributed by atoms with Gasteiger partial charge in [0.1, 0.15) is 11.1 Å². The summed E-state index contributed by atoms with van der Waals surface area (Å²) >= 11 is 1.12. The maximum absolute atomic E-state index is 13.8. The Morgan fingerprint density at radius 1 is 0.929 bits per heavy atom. The first-order chi connectivity index (χ1) is 20.0. The zero-order chi connectivity index (χ0) is 30.0. The van der Waals surface area contributed by atoms with Gasteiger partial charge in [0.25, 0.3) is 5.56 Å². The molecule has 42 heavy (non-hydrogen) atoms. The van der Waals surface area contributed by atoms with E-state index in [0.717, 1.165) is 45.0 Å². The summed E-state index contributed by atoms with van der Waals surface area (Å²) in [6.45, 7) is 0.316. The lowest BCUT2D eigenvalue weighted by Crippen LogP contribution is -2.42. The lowest BCUT2D eigenvalue weighted by molar-refractivity contribution is -0.141. The van der Waals surface area contributed by atoms with E-state index in [9.17, 15) is 32.7 Å². The van der Waals surface area contributed by atoms with Crippen LogP contribution < -0.4 is 5.56 Å². The van der Waals surface area contributed by atoms with Crippen molar-refractivity contribution < 1.29 is 33.0 Å². The molecule has 0 bridgehead atoms. The summed E-state index contributed by atoms with van der Waals surface area (Å²) < 4.78 is 44.2. The van der Waals surface area contributed by atoms with Crippen molar-refractivity contribution in [3.05, 3.63) is 99.8 Å². The lowest BCUT2D eigenvalue weighted by atomic mass is 9.93. The number of alkyl halides is 3. The van der Waals surface area contributed by atoms with Crippen LogP contribution in [0.1, 0.15) is 42.0 Å². The number of aromatic nitrogens is 1. The van der Waals surface area contributed by atoms with Gasteiger partial charge in [-0.05, 0) is 70.8 Å². The van der Waals surface area contributed by atoms with Crippen LogP contribution in [0.3, 0.4) is 0 Å². The number of rotatable bonds is 9. The van der Waals surface area contributed by atoms with Crippen LogP contribution in [-0.4, -0.2) is 44.1 Å². The van der Waals surface area contributed by atoms with Crippen molar-refractivity contribution in [1.82, 2.24) is 8.87 Å². The van der Waals surface area contributed by atoms with Gasteiger partial charge < -0.3 is 10.2 Å². The highest BCUT2D eigenvalue weighted by atomic mass is 32.2. The summed E-state index contributed by atoms with van der Waals surface area (Å²) in [6.07, 6.45) is -3.58. The van der Waals surface area contributed by atoms with Crippen LogP contribution in [0.25, 0.3) is 21.9 Å². The van der Waals surface area contributed by atoms with E-state index in [2.05, 4.69) is 0 Å². The fraction of sp³-hybridized carbons (Fsp3) is 0.258. The molecule has 2 heterocycles. The number of fused-ring (bicyclic) bond motifs is 2. The zero-order valence-corrected chi connectivity index (χ0v) is 23.1. The first-order valence-corrected chi connectivity index (χ1v) is 14.1. The average molecular weight is 597 g/mol. The number of hydrogen-bond acceptors (Lipinski definition) is 5. The van der Waals surface area contributed by atoms with Crippen LogP contribution in [0.15, 0.2) is 82.6 Å². The smallest absolute Gasteiger partial charge is 0.416 e. The molecule has 5 rings (SSSR count). The molecule has 0 aliphatic carbocycles. The Balaban J connectivity index is 1.69. The maximum atomic E-state index is 13.8. The van der Waals surface area contributed by atoms with Gasteiger partial charge in [0.2, 0.25) is 0 Å². The van der Waals surface area contributed by atoms with Gasteiger partial charge in [0.15, 0.2) is 0 Å². The molecule has 0 spiro atoms. The summed E-state index contributed by atoms with van der Waals surface area (Å²) in [5, 5.41) is 21.2. The first kappa shape index (κ1) is 29.4. The standard InChI is InChI=1S/C31H27F3N2O5S/c32-31(33,34)23-11-6-10-21(16-23)28-22(15-20-9-5-8-19-7-1-2-12-24(19)20)17-26(37)36-25(30(40)41)18-35(42-29(28)36)14-4-3-13-27(38)39/h1-2,5-12,16-17,25H,3-4,13-15,18H2,(H,38,39)(H,40,41). The molecule has 0 amide bonds. The second-order valence-corrected chi connectivity index (χ2v) is 11.2. The SMILES string of the molecule is O=C(O)CCCCN1CC(C(=O)O)n2c(c(-c3cccc(C(F)(F)F)c3)c(Cc3cccc4ccccc34)cc2=O)S1. The number of benzene rings is 3. The molecule has 1 atom stereocenters. The topological polar surface area (TPSA) is 99.8 Å². The van der Waals surface area contributed by atoms with E-state index in [-0.39, 0.29) is 30.0 Å². The number of carboxylic acids is 2. The molecule has 1 aliphatic heterocycles. The minimum Gasteiger partial charge on any atom is -0.481 e. The third-order valence-corrected chi connectivity index (χ3v) is 8.43. The number of nitrogens with zero attached hydrogens (tertiary/aromatic N) is 2. The molecule has 218 valence electrons. The van der Waals surface area contributed by atoms with Gasteiger partial charge in [-0.1, -0.05) is 54.6 Å². The van der Waals surface area contributed by atoms with E-state index >= 15 is 0 Å². The summed E-state index contributed by atoms with van der Waals surface area (Å²) in [6, 6.07) is 18.3. The van der Waals surface area contributed by atoms with Gasteiger partial charge in [-0.25, -0.2) is 9.10 Å². The fourth-order valence-corrected chi connectivity index (χ4v) is 6.63. The molecule has 2 N–H and O–H groups in total. The second kappa shape index (κ2) is 12.0. The minimum absolute atomic E-state index is 0.0231. The molecular formula is C31H27F3N2O5S. The van der Waals surface area contributed by atoms with Crippen molar-refractivity contribution in [3.63, 3.8) is 0 Å². The van der Waals surface area contributed by atoms with Crippen LogP contribution >= 0.6 is 11.9 Å². The average Bonchev–Trinajstić information content (AvgIpc) is 2.94. The highest BCUT2D eigenvalue weighted by Crippen LogP contribution is 2.42. The van der Waals surface area contributed by atoms with Gasteiger partial charge in [-0.2, -0.15) is 13.2 Å². The van der Waals surface area contributed by atoms with Crippen LogP contribution in [0, 0.1) is 0 Å². The van der Waals surface area contributed by atoms with Gasteiger partial charge in [-0.15, -0.1) is 0 Å². The summed E-state index contributed by atoms with van der Waals surface area (Å²) in [5.74, 6) is -2.18. The van der Waals surface area contributed by atoms with Crippen LogP contribution in [0.4, 0.5) is 13.2 Å². The summed E-state index contributed by atoms with van der Waals surface area (Å²) in [5.41, 5.74) is 0.509. The van der Waals surface area contributed by atoms with Gasteiger partial charge in [0.05, 0.1) is 5.56 Å². The van der Waals surface area contributed by atoms with E-state index in [1.807, 2.05) is 42.5 Å². The summed E-state index contributed by atoms with van der Waals surface area (Å²) in [7, 11) is 0. The van der Waals surface area contributed by atoms with Gasteiger partial charge >= 0.3 is 18.1 Å². The molecule has 1 aliphatic rings. The molecular weight excluding hydrogens is 569 g/mol. The number of carbonyl (C=O) groups is 2. The monoisotopic (exact) mass is 596 g/mol. The molecule has 7 nitrogen and oxygen atoms in total. The van der Waals surface area contributed by atoms with Crippen molar-refractivity contribution in [3.8, 4) is 11.1 Å². The van der Waals surface area contributed by atoms with Crippen molar-refractivity contribution in [2.45, 2.75) is 42.9 Å². The van der Waals surface area contributed by atoms with E-state index in [1.54, 1.807) is 4.31 Å². The van der Waals surface area contributed by atoms with Crippen molar-refractivity contribution >= 4 is 34.7 Å². The van der Waals surface area contributed by atoms with Crippen LogP contribution in [-0.2, 0) is 22.2 Å². The molecule has 11 heteroatoms. The second-order valence-electron chi connectivity index (χ2n) is 10.1. The Morgan fingerprint density at radius 3 is 2.40 bits per heavy atom. The number of halogens is 3. The van der Waals surface area contributed by atoms with E-state index < -0.39 is 35.3 Å². The molecule has 4 aromatic rings. The molecule has 0 radical (unpaired) electrons. The fourth-order valence-electron chi connectivity index (χ4n) is 5.31. The highest BCUT2D eigenvalue weighted by Gasteiger charge is 2.36. The van der Waals surface area contributed by atoms with Crippen LogP contribution in [0.5, 0.6) is 0 Å². The van der Waals surface area contributed by atoms with Crippen molar-refractivity contribution in [2.24, 2.45) is 0 Å². The van der Waals surface area contributed by atoms with Crippen molar-refractivity contribution in [1.29, 1.82) is 0 Å². The number of pyridine rings is 1. The first-order valence-electron chi connectivity index (χ1n) is 13.3. The predicted octanol–water partition coefficient (Wildman–Crippen LogP) is 6.48. The van der Waals surface area contributed by atoms with E-state index in [1.165, 1.54) is 18.2 Å². The third kappa shape index (κ3) is 6.22. The quantitative estimate of drug-likeness (QED) is 0.169. The Labute approximate surface area is 243 Å². The molecule has 0 saturated carbocycles. The third-order valence-electron chi connectivity index (χ3n) is 7.27. The van der Waals surface area contributed by atoms with E-state index in [0.29, 0.717) is 30.5 Å². The molecule has 3 aromatic carbocycles. The Morgan fingerprint density at radius 2 is 1.67 bits per heavy atom. The highest BCUT2D eigenvalue weighted by molar-refractivity contribution is 7.97. The zero-order valence-electron chi connectivity index (χ0n) is 22.3. The molecule has 0 saturated heterocycles.